The van der Waals surface area contributed by atoms with Crippen LogP contribution in [-0.4, -0.2) is 64.9 Å². The van der Waals surface area contributed by atoms with Crippen LogP contribution in [0.4, 0.5) is 5.69 Å². The van der Waals surface area contributed by atoms with E-state index in [0.29, 0.717) is 22.9 Å². The summed E-state index contributed by atoms with van der Waals surface area (Å²) in [6.07, 6.45) is 2.80. The molecule has 4 aromatic rings. The molecule has 12 nitrogen and oxygen atoms in total. The molecule has 1 aromatic heterocycles. The Morgan fingerprint density at radius 2 is 1.63 bits per heavy atom. The summed E-state index contributed by atoms with van der Waals surface area (Å²) >= 11 is 0. The second-order valence-electron chi connectivity index (χ2n) is 11.6. The molecule has 1 aliphatic rings. The molecule has 2 heterocycles. The number of hydrogen-bond donors (Lipinski definition) is 3. The Labute approximate surface area is 294 Å². The average Bonchev–Trinajstić information content (AvgIpc) is 3.81. The number of carboxylic acids is 1. The molecule has 51 heavy (non-hydrogen) atoms. The van der Waals surface area contributed by atoms with Gasteiger partial charge in [-0.05, 0) is 61.4 Å². The van der Waals surface area contributed by atoms with E-state index in [-0.39, 0.29) is 32.1 Å². The van der Waals surface area contributed by atoms with Gasteiger partial charge in [-0.15, -0.1) is 0 Å². The topological polar surface area (TPSA) is 165 Å². The van der Waals surface area contributed by atoms with E-state index in [0.717, 1.165) is 11.1 Å². The number of carbonyl (C=O) groups excluding carboxylic acids is 3. The van der Waals surface area contributed by atoms with Gasteiger partial charge in [0.25, 0.3) is 11.8 Å². The van der Waals surface area contributed by atoms with Crippen LogP contribution in [0.1, 0.15) is 53.6 Å². The summed E-state index contributed by atoms with van der Waals surface area (Å²) in [4.78, 5) is 52.9. The number of fused-ring (bicyclic) bond motifs is 1. The lowest BCUT2D eigenvalue weighted by molar-refractivity contribution is -0.143. The monoisotopic (exact) mass is 694 g/mol. The van der Waals surface area contributed by atoms with E-state index in [4.69, 9.17) is 18.6 Å². The zero-order valence-corrected chi connectivity index (χ0v) is 28.1. The van der Waals surface area contributed by atoms with Gasteiger partial charge < -0.3 is 39.1 Å². The van der Waals surface area contributed by atoms with Crippen molar-refractivity contribution in [1.82, 2.24) is 4.90 Å². The number of hydrogen-bond acceptors (Lipinski definition) is 9. The van der Waals surface area contributed by atoms with E-state index in [1.54, 1.807) is 67.6 Å². The summed E-state index contributed by atoms with van der Waals surface area (Å²) in [6, 6.07) is 26.2. The predicted molar refractivity (Wildman–Crippen MR) is 187 cm³/mol. The lowest BCUT2D eigenvalue weighted by Gasteiger charge is -2.34. The number of para-hydroxylation sites is 1. The number of furan rings is 1. The van der Waals surface area contributed by atoms with Gasteiger partial charge in [0.15, 0.2) is 23.0 Å². The van der Waals surface area contributed by atoms with Crippen molar-refractivity contribution in [3.8, 4) is 11.5 Å². The van der Waals surface area contributed by atoms with E-state index >= 15 is 0 Å². The van der Waals surface area contributed by atoms with Gasteiger partial charge in [-0.1, -0.05) is 66.7 Å². The van der Waals surface area contributed by atoms with E-state index in [9.17, 15) is 29.4 Å². The SMILES string of the molecule is CCOC(=O)C(CC(=O)O)=C(O)C(=O)N(C/C=C/c1ccccc1)C(C)C(Cc1ccc(C(=O)Nc2ccccc2)o1)c1ccc2c(c1)OCO2. The molecule has 1 aliphatic heterocycles. The second-order valence-corrected chi connectivity index (χ2v) is 11.6. The fourth-order valence-corrected chi connectivity index (χ4v) is 5.66. The predicted octanol–water partition coefficient (Wildman–Crippen LogP) is 6.37. The number of esters is 1. The third kappa shape index (κ3) is 9.24. The Morgan fingerprint density at radius 1 is 0.922 bits per heavy atom. The minimum atomic E-state index is -1.43. The molecule has 264 valence electrons. The number of nitrogens with one attached hydrogen (secondary N) is 1. The number of rotatable bonds is 15. The van der Waals surface area contributed by atoms with Crippen molar-refractivity contribution in [2.75, 3.05) is 25.3 Å². The highest BCUT2D eigenvalue weighted by atomic mass is 16.7. The Bertz CT molecular complexity index is 1920. The van der Waals surface area contributed by atoms with Gasteiger partial charge in [-0.25, -0.2) is 4.79 Å². The molecular formula is C39H38N2O10. The fourth-order valence-electron chi connectivity index (χ4n) is 5.66. The second kappa shape index (κ2) is 16.9. The lowest BCUT2D eigenvalue weighted by Crippen LogP contribution is -2.44. The molecule has 0 spiro atoms. The van der Waals surface area contributed by atoms with E-state index in [2.05, 4.69) is 5.32 Å². The van der Waals surface area contributed by atoms with Gasteiger partial charge in [-0.2, -0.15) is 0 Å². The normalized spacial score (nSPS) is 13.6. The molecule has 0 fully saturated rings. The van der Waals surface area contributed by atoms with Crippen LogP contribution in [0, 0.1) is 0 Å². The highest BCUT2D eigenvalue weighted by molar-refractivity contribution is 6.03. The highest BCUT2D eigenvalue weighted by Gasteiger charge is 2.34. The maximum absolute atomic E-state index is 14.2. The minimum absolute atomic E-state index is 0.0356. The summed E-state index contributed by atoms with van der Waals surface area (Å²) in [5, 5.41) is 23.5. The number of anilines is 1. The van der Waals surface area contributed by atoms with Crippen molar-refractivity contribution >= 4 is 35.5 Å². The molecular weight excluding hydrogens is 656 g/mol. The minimum Gasteiger partial charge on any atom is -0.503 e. The Morgan fingerprint density at radius 3 is 2.33 bits per heavy atom. The van der Waals surface area contributed by atoms with Crippen molar-refractivity contribution in [2.24, 2.45) is 0 Å². The van der Waals surface area contributed by atoms with Crippen LogP contribution in [-0.2, 0) is 25.5 Å². The third-order valence-electron chi connectivity index (χ3n) is 8.25. The third-order valence-corrected chi connectivity index (χ3v) is 8.25. The zero-order valence-electron chi connectivity index (χ0n) is 28.1. The first kappa shape index (κ1) is 36.0. The number of aliphatic carboxylic acids is 1. The molecule has 3 aromatic carbocycles. The maximum Gasteiger partial charge on any atom is 0.338 e. The zero-order chi connectivity index (χ0) is 36.3. The summed E-state index contributed by atoms with van der Waals surface area (Å²) < 4.78 is 22.1. The first-order chi connectivity index (χ1) is 24.6. The standard InChI is InChI=1S/C39H38N2O10/c1-3-48-39(47)31(23-35(42)43)36(44)38(46)41(20-10-13-26-11-6-4-7-12-26)25(2)30(27-16-18-32-34(21-27)50-24-49-32)22-29-17-19-33(51-29)37(45)40-28-14-8-5-9-15-28/h4-19,21,25,30,44H,3,20,22-24H2,1-2H3,(H,40,45)(H,42,43)/b13-10+,36-31?. The van der Waals surface area contributed by atoms with E-state index in [1.165, 1.54) is 11.8 Å². The summed E-state index contributed by atoms with van der Waals surface area (Å²) in [6.45, 7) is 3.21. The Hall–Kier alpha value is -6.30. The maximum atomic E-state index is 14.2. The van der Waals surface area contributed by atoms with Gasteiger partial charge >= 0.3 is 11.9 Å². The van der Waals surface area contributed by atoms with Crippen LogP contribution < -0.4 is 14.8 Å². The van der Waals surface area contributed by atoms with Gasteiger partial charge in [0, 0.05) is 30.6 Å². The van der Waals surface area contributed by atoms with Crippen molar-refractivity contribution in [3.63, 3.8) is 0 Å². The molecule has 0 radical (unpaired) electrons. The molecule has 12 heteroatoms. The number of benzene rings is 3. The molecule has 0 saturated heterocycles. The number of amides is 2. The first-order valence-electron chi connectivity index (χ1n) is 16.3. The first-order valence-corrected chi connectivity index (χ1v) is 16.3. The number of nitrogens with zero attached hydrogens (tertiary/aromatic N) is 1. The summed E-state index contributed by atoms with van der Waals surface area (Å²) in [7, 11) is 0. The van der Waals surface area contributed by atoms with Gasteiger partial charge in [0.05, 0.1) is 18.6 Å². The molecule has 0 aliphatic carbocycles. The van der Waals surface area contributed by atoms with Crippen molar-refractivity contribution < 1.29 is 48.0 Å². The summed E-state index contributed by atoms with van der Waals surface area (Å²) in [5.74, 6) is -3.95. The van der Waals surface area contributed by atoms with Crippen LogP contribution in [0.3, 0.4) is 0 Å². The molecule has 5 rings (SSSR count). The van der Waals surface area contributed by atoms with Crippen molar-refractivity contribution in [2.45, 2.75) is 38.6 Å². The number of aliphatic hydroxyl groups excluding tert-OH is 1. The molecule has 0 saturated carbocycles. The van der Waals surface area contributed by atoms with E-state index < -0.39 is 53.5 Å². The molecule has 2 atom stereocenters. The van der Waals surface area contributed by atoms with E-state index in [1.807, 2.05) is 42.5 Å². The summed E-state index contributed by atoms with van der Waals surface area (Å²) in [5.41, 5.74) is 1.52. The number of aliphatic hydroxyl groups is 1. The van der Waals surface area contributed by atoms with Crippen molar-refractivity contribution in [3.05, 3.63) is 131 Å². The Balaban J connectivity index is 1.52. The van der Waals surface area contributed by atoms with Gasteiger partial charge in [0.1, 0.15) is 5.76 Å². The Kier molecular flexibility index (Phi) is 11.9. The van der Waals surface area contributed by atoms with Gasteiger partial charge in [0.2, 0.25) is 6.79 Å². The van der Waals surface area contributed by atoms with Crippen LogP contribution >= 0.6 is 0 Å². The highest BCUT2D eigenvalue weighted by Crippen LogP contribution is 2.38. The smallest absolute Gasteiger partial charge is 0.338 e. The van der Waals surface area contributed by atoms with Crippen molar-refractivity contribution in [1.29, 1.82) is 0 Å². The molecule has 3 N–H and O–H groups in total. The quantitative estimate of drug-likeness (QED) is 0.0724. The van der Waals surface area contributed by atoms with Crippen LogP contribution in [0.15, 0.2) is 113 Å². The lowest BCUT2D eigenvalue weighted by atomic mass is 9.87. The van der Waals surface area contributed by atoms with Crippen LogP contribution in [0.25, 0.3) is 6.08 Å². The molecule has 2 unspecified atom stereocenters. The fraction of sp³-hybridized carbons (Fsp3) is 0.231. The number of carbonyl (C=O) groups is 4. The number of carboxylic acid groups (broad SMARTS) is 1. The molecule has 0 bridgehead atoms. The largest absolute Gasteiger partial charge is 0.503 e. The van der Waals surface area contributed by atoms with Gasteiger partial charge in [-0.3, -0.25) is 14.4 Å². The van der Waals surface area contributed by atoms with Crippen LogP contribution in [0.2, 0.25) is 0 Å². The average molecular weight is 695 g/mol. The molecule has 2 amide bonds. The van der Waals surface area contributed by atoms with Crippen LogP contribution in [0.5, 0.6) is 11.5 Å². The number of ether oxygens (including phenoxy) is 3.